The largest absolute Gasteiger partial charge is 0.379 e. The normalized spacial score (nSPS) is 28.8. The Hall–Kier alpha value is -0.120. The Morgan fingerprint density at radius 1 is 1.29 bits per heavy atom. The Morgan fingerprint density at radius 2 is 2.06 bits per heavy atom. The lowest BCUT2D eigenvalue weighted by Crippen LogP contribution is -2.44. The van der Waals surface area contributed by atoms with E-state index in [2.05, 4.69) is 24.1 Å². The summed E-state index contributed by atoms with van der Waals surface area (Å²) < 4.78 is 5.49. The van der Waals surface area contributed by atoms with E-state index in [0.29, 0.717) is 6.04 Å². The van der Waals surface area contributed by atoms with Gasteiger partial charge in [0.1, 0.15) is 0 Å². The van der Waals surface area contributed by atoms with E-state index >= 15 is 0 Å². The number of hydrogen-bond acceptors (Lipinski definition) is 3. The summed E-state index contributed by atoms with van der Waals surface area (Å²) >= 11 is 0. The quantitative estimate of drug-likeness (QED) is 0.810. The van der Waals surface area contributed by atoms with Crippen LogP contribution in [0.3, 0.4) is 0 Å². The van der Waals surface area contributed by atoms with Gasteiger partial charge < -0.3 is 15.0 Å². The van der Waals surface area contributed by atoms with Crippen LogP contribution in [0.1, 0.15) is 33.1 Å². The van der Waals surface area contributed by atoms with Gasteiger partial charge in [-0.05, 0) is 50.7 Å². The van der Waals surface area contributed by atoms with Crippen molar-refractivity contribution in [3.8, 4) is 0 Å². The molecule has 1 unspecified atom stereocenters. The van der Waals surface area contributed by atoms with E-state index in [1.54, 1.807) is 0 Å². The van der Waals surface area contributed by atoms with Gasteiger partial charge in [-0.25, -0.2) is 0 Å². The molecule has 3 heteroatoms. The molecule has 2 saturated heterocycles. The summed E-state index contributed by atoms with van der Waals surface area (Å²) in [4.78, 5) is 2.63. The van der Waals surface area contributed by atoms with Crippen molar-refractivity contribution in [1.82, 2.24) is 10.2 Å². The molecule has 2 aliphatic rings. The van der Waals surface area contributed by atoms with Crippen LogP contribution in [0, 0.1) is 11.8 Å². The first kappa shape index (κ1) is 13.3. The minimum absolute atomic E-state index is 0.589. The number of nitrogens with one attached hydrogen (secondary N) is 1. The number of morpholine rings is 1. The molecule has 100 valence electrons. The smallest absolute Gasteiger partial charge is 0.0620 e. The first-order valence-electron chi connectivity index (χ1n) is 7.29. The fraction of sp³-hybridized carbons (Fsp3) is 1.00. The fourth-order valence-corrected chi connectivity index (χ4v) is 2.99. The lowest BCUT2D eigenvalue weighted by molar-refractivity contribution is 0.0667. The predicted molar refractivity (Wildman–Crippen MR) is 71.2 cm³/mol. The monoisotopic (exact) mass is 240 g/mol. The van der Waals surface area contributed by atoms with E-state index in [9.17, 15) is 0 Å². The van der Waals surface area contributed by atoms with Crippen molar-refractivity contribution in [2.75, 3.05) is 39.4 Å². The molecular weight excluding hydrogens is 212 g/mol. The molecule has 17 heavy (non-hydrogen) atoms. The zero-order chi connectivity index (χ0) is 12.1. The first-order valence-corrected chi connectivity index (χ1v) is 7.29. The second-order valence-corrected chi connectivity index (χ2v) is 5.94. The molecule has 2 aliphatic heterocycles. The first-order chi connectivity index (χ1) is 8.25. The zero-order valence-corrected chi connectivity index (χ0v) is 11.5. The van der Waals surface area contributed by atoms with Gasteiger partial charge in [0.25, 0.3) is 0 Å². The number of likely N-dealkylation sites (tertiary alicyclic amines) is 1. The number of hydrogen-bond donors (Lipinski definition) is 1. The molecule has 2 fully saturated rings. The maximum Gasteiger partial charge on any atom is 0.0620 e. The lowest BCUT2D eigenvalue weighted by Gasteiger charge is -2.35. The van der Waals surface area contributed by atoms with E-state index in [-0.39, 0.29) is 0 Å². The van der Waals surface area contributed by atoms with E-state index < -0.39 is 0 Å². The van der Waals surface area contributed by atoms with Crippen molar-refractivity contribution in [3.05, 3.63) is 0 Å². The Morgan fingerprint density at radius 3 is 2.65 bits per heavy atom. The van der Waals surface area contributed by atoms with E-state index in [1.807, 2.05) is 0 Å². The van der Waals surface area contributed by atoms with Crippen LogP contribution in [0.5, 0.6) is 0 Å². The van der Waals surface area contributed by atoms with Crippen LogP contribution in [-0.4, -0.2) is 50.3 Å². The van der Waals surface area contributed by atoms with Crippen molar-refractivity contribution < 1.29 is 4.74 Å². The molecule has 0 aromatic carbocycles. The van der Waals surface area contributed by atoms with Gasteiger partial charge in [0.2, 0.25) is 0 Å². The van der Waals surface area contributed by atoms with Crippen molar-refractivity contribution in [2.24, 2.45) is 11.8 Å². The molecule has 0 saturated carbocycles. The molecule has 2 rings (SSSR count). The zero-order valence-electron chi connectivity index (χ0n) is 11.5. The topological polar surface area (TPSA) is 24.5 Å². The van der Waals surface area contributed by atoms with Gasteiger partial charge in [0.15, 0.2) is 0 Å². The Bertz CT molecular complexity index is 206. The molecule has 2 heterocycles. The van der Waals surface area contributed by atoms with Crippen LogP contribution >= 0.6 is 0 Å². The summed E-state index contributed by atoms with van der Waals surface area (Å²) in [6.45, 7) is 11.4. The van der Waals surface area contributed by atoms with Gasteiger partial charge >= 0.3 is 0 Å². The number of nitrogens with zero attached hydrogens (tertiary/aromatic N) is 1. The third kappa shape index (κ3) is 4.23. The molecule has 0 radical (unpaired) electrons. The predicted octanol–water partition coefficient (Wildman–Crippen LogP) is 1.73. The molecule has 0 aromatic heterocycles. The summed E-state index contributed by atoms with van der Waals surface area (Å²) in [7, 11) is 0. The highest BCUT2D eigenvalue weighted by Gasteiger charge is 2.22. The summed E-state index contributed by atoms with van der Waals surface area (Å²) in [5, 5.41) is 3.53. The molecule has 3 nitrogen and oxygen atoms in total. The molecule has 1 N–H and O–H groups in total. The molecule has 0 aliphatic carbocycles. The van der Waals surface area contributed by atoms with Crippen LogP contribution in [0.15, 0.2) is 0 Å². The third-order valence-electron chi connectivity index (χ3n) is 4.37. The van der Waals surface area contributed by atoms with Crippen LogP contribution < -0.4 is 5.32 Å². The summed E-state index contributed by atoms with van der Waals surface area (Å²) in [6.07, 6.45) is 4.03. The van der Waals surface area contributed by atoms with E-state index in [0.717, 1.165) is 31.6 Å². The molecule has 0 spiro atoms. The highest BCUT2D eigenvalue weighted by molar-refractivity contribution is 4.77. The van der Waals surface area contributed by atoms with Gasteiger partial charge in [-0.2, -0.15) is 0 Å². The molecule has 0 bridgehead atoms. The van der Waals surface area contributed by atoms with Crippen LogP contribution in [0.2, 0.25) is 0 Å². The maximum atomic E-state index is 5.49. The van der Waals surface area contributed by atoms with Crippen LogP contribution in [0.25, 0.3) is 0 Å². The minimum Gasteiger partial charge on any atom is -0.379 e. The second-order valence-electron chi connectivity index (χ2n) is 5.94. The summed E-state index contributed by atoms with van der Waals surface area (Å²) in [6, 6.07) is 0.589. The van der Waals surface area contributed by atoms with Gasteiger partial charge in [0.05, 0.1) is 13.2 Å². The summed E-state index contributed by atoms with van der Waals surface area (Å²) in [5.74, 6) is 1.83. The van der Waals surface area contributed by atoms with E-state index in [1.165, 1.54) is 38.9 Å². The number of piperidine rings is 1. The highest BCUT2D eigenvalue weighted by Crippen LogP contribution is 2.24. The lowest BCUT2D eigenvalue weighted by atomic mass is 9.86. The maximum absolute atomic E-state index is 5.49. The molecule has 0 aromatic rings. The second kappa shape index (κ2) is 6.72. The number of ether oxygens (including phenoxy) is 1. The molecular formula is C14H28N2O. The Labute approximate surface area is 106 Å². The average Bonchev–Trinajstić information content (AvgIpc) is 2.38. The SMILES string of the molecule is CC(C)C1CCN(CCC2COCCN2)CC1. The van der Waals surface area contributed by atoms with Gasteiger partial charge in [-0.1, -0.05) is 13.8 Å². The number of rotatable bonds is 4. The van der Waals surface area contributed by atoms with E-state index in [4.69, 9.17) is 4.74 Å². The Balaban J connectivity index is 1.61. The third-order valence-corrected chi connectivity index (χ3v) is 4.37. The molecule has 1 atom stereocenters. The average molecular weight is 240 g/mol. The highest BCUT2D eigenvalue weighted by atomic mass is 16.5. The standard InChI is InChI=1S/C14H28N2O/c1-12(2)13-3-7-16(8-4-13)9-5-14-11-17-10-6-15-14/h12-15H,3-11H2,1-2H3. The Kier molecular flexibility index (Phi) is 5.26. The van der Waals surface area contributed by atoms with Crippen molar-refractivity contribution in [2.45, 2.75) is 39.2 Å². The van der Waals surface area contributed by atoms with Crippen LogP contribution in [0.4, 0.5) is 0 Å². The van der Waals surface area contributed by atoms with Gasteiger partial charge in [0, 0.05) is 12.6 Å². The van der Waals surface area contributed by atoms with Crippen molar-refractivity contribution in [3.63, 3.8) is 0 Å². The minimum atomic E-state index is 0.589. The van der Waals surface area contributed by atoms with Crippen molar-refractivity contribution in [1.29, 1.82) is 0 Å². The van der Waals surface area contributed by atoms with Crippen molar-refractivity contribution >= 4 is 0 Å². The van der Waals surface area contributed by atoms with Gasteiger partial charge in [-0.15, -0.1) is 0 Å². The van der Waals surface area contributed by atoms with Crippen LogP contribution in [-0.2, 0) is 4.74 Å². The van der Waals surface area contributed by atoms with Gasteiger partial charge in [-0.3, -0.25) is 0 Å². The molecule has 0 amide bonds. The summed E-state index contributed by atoms with van der Waals surface area (Å²) in [5.41, 5.74) is 0. The fourth-order valence-electron chi connectivity index (χ4n) is 2.99.